The first kappa shape index (κ1) is 24.7. The topological polar surface area (TPSA) is 65.5 Å². The fourth-order valence-electron chi connectivity index (χ4n) is 2.55. The summed E-state index contributed by atoms with van der Waals surface area (Å²) in [6, 6.07) is 7.72. The lowest BCUT2D eigenvalue weighted by atomic mass is 9.90. The highest BCUT2D eigenvalue weighted by Crippen LogP contribution is 2.21. The summed E-state index contributed by atoms with van der Waals surface area (Å²) in [7, 11) is 3.43. The minimum Gasteiger partial charge on any atom is -0.356 e. The number of nitrogens with zero attached hydrogens (tertiary/aromatic N) is 1. The van der Waals surface area contributed by atoms with Crippen LogP contribution in [-0.4, -0.2) is 39.1 Å². The molecule has 0 saturated carbocycles. The van der Waals surface area contributed by atoms with Crippen molar-refractivity contribution in [3.05, 3.63) is 35.4 Å². The molecule has 0 aliphatic heterocycles. The SMILES string of the molecule is CN=C(NCCCCC(C)(C)C)NCCc1cccc(C(=O)NC)c1.I. The molecule has 0 fully saturated rings. The van der Waals surface area contributed by atoms with Crippen molar-refractivity contribution in [2.75, 3.05) is 27.2 Å². The Kier molecular flexibility index (Phi) is 12.3. The molecule has 0 aromatic heterocycles. The van der Waals surface area contributed by atoms with Gasteiger partial charge in [-0.1, -0.05) is 39.3 Å². The fraction of sp³-hybridized carbons (Fsp3) is 0.600. The molecule has 0 aliphatic carbocycles. The number of carbonyl (C=O) groups is 1. The lowest BCUT2D eigenvalue weighted by molar-refractivity contribution is 0.0963. The standard InChI is InChI=1S/C20H34N4O.HI/c1-20(2,3)12-6-7-13-23-19(22-5)24-14-11-16-9-8-10-17(15-16)18(25)21-4;/h8-10,15H,6-7,11-14H2,1-5H3,(H,21,25)(H2,22,23,24);1H. The first-order chi connectivity index (χ1) is 11.9. The molecule has 0 saturated heterocycles. The summed E-state index contributed by atoms with van der Waals surface area (Å²) in [6.07, 6.45) is 4.45. The average Bonchev–Trinajstić information content (AvgIpc) is 2.58. The highest BCUT2D eigenvalue weighted by atomic mass is 127. The Balaban J connectivity index is 0.00000625. The van der Waals surface area contributed by atoms with Crippen molar-refractivity contribution in [2.24, 2.45) is 10.4 Å². The molecule has 0 atom stereocenters. The number of aliphatic imine (C=N–C) groups is 1. The van der Waals surface area contributed by atoms with Gasteiger partial charge in [0.2, 0.25) is 0 Å². The second-order valence-corrected chi connectivity index (χ2v) is 7.47. The molecule has 1 amide bonds. The van der Waals surface area contributed by atoms with Gasteiger partial charge in [0.1, 0.15) is 0 Å². The normalized spacial score (nSPS) is 11.5. The molecule has 1 rings (SSSR count). The molecule has 0 aliphatic rings. The van der Waals surface area contributed by atoms with E-state index in [0.29, 0.717) is 11.0 Å². The Hall–Kier alpha value is -1.31. The summed E-state index contributed by atoms with van der Waals surface area (Å²) in [5.41, 5.74) is 2.24. The first-order valence-corrected chi connectivity index (χ1v) is 9.11. The molecule has 0 radical (unpaired) electrons. The van der Waals surface area contributed by atoms with E-state index in [0.717, 1.165) is 37.5 Å². The zero-order valence-electron chi connectivity index (χ0n) is 16.8. The maximum absolute atomic E-state index is 11.7. The van der Waals surface area contributed by atoms with Crippen molar-refractivity contribution in [3.8, 4) is 0 Å². The van der Waals surface area contributed by atoms with Gasteiger partial charge in [-0.05, 0) is 42.4 Å². The third-order valence-corrected chi connectivity index (χ3v) is 3.99. The smallest absolute Gasteiger partial charge is 0.251 e. The van der Waals surface area contributed by atoms with E-state index in [4.69, 9.17) is 0 Å². The van der Waals surface area contributed by atoms with Crippen LogP contribution < -0.4 is 16.0 Å². The van der Waals surface area contributed by atoms with Crippen molar-refractivity contribution < 1.29 is 4.79 Å². The maximum atomic E-state index is 11.7. The summed E-state index contributed by atoms with van der Waals surface area (Å²) >= 11 is 0. The molecule has 0 spiro atoms. The zero-order valence-corrected chi connectivity index (χ0v) is 19.1. The zero-order chi connectivity index (χ0) is 18.7. The molecule has 5 nitrogen and oxygen atoms in total. The van der Waals surface area contributed by atoms with Gasteiger partial charge in [-0.3, -0.25) is 9.79 Å². The number of guanidine groups is 1. The van der Waals surface area contributed by atoms with E-state index >= 15 is 0 Å². The van der Waals surface area contributed by atoms with E-state index in [9.17, 15) is 4.79 Å². The Morgan fingerprint density at radius 1 is 1.12 bits per heavy atom. The van der Waals surface area contributed by atoms with E-state index in [2.05, 4.69) is 41.7 Å². The second-order valence-electron chi connectivity index (χ2n) is 7.47. The van der Waals surface area contributed by atoms with E-state index in [1.165, 1.54) is 12.8 Å². The van der Waals surface area contributed by atoms with Gasteiger partial charge >= 0.3 is 0 Å². The summed E-state index contributed by atoms with van der Waals surface area (Å²) in [4.78, 5) is 15.9. The lowest BCUT2D eigenvalue weighted by Gasteiger charge is -2.18. The molecular weight excluding hydrogens is 439 g/mol. The molecule has 0 bridgehead atoms. The quantitative estimate of drug-likeness (QED) is 0.234. The maximum Gasteiger partial charge on any atom is 0.251 e. The van der Waals surface area contributed by atoms with Crippen LogP contribution in [0.15, 0.2) is 29.3 Å². The molecule has 0 unspecified atom stereocenters. The second kappa shape index (κ2) is 12.9. The Labute approximate surface area is 175 Å². The summed E-state index contributed by atoms with van der Waals surface area (Å²) in [6.45, 7) is 8.54. The Morgan fingerprint density at radius 2 is 1.81 bits per heavy atom. The van der Waals surface area contributed by atoms with E-state index < -0.39 is 0 Å². The van der Waals surface area contributed by atoms with Crippen LogP contribution in [0.4, 0.5) is 0 Å². The number of hydrogen-bond acceptors (Lipinski definition) is 2. The van der Waals surface area contributed by atoms with Crippen LogP contribution >= 0.6 is 24.0 Å². The fourth-order valence-corrected chi connectivity index (χ4v) is 2.55. The van der Waals surface area contributed by atoms with Gasteiger partial charge in [0, 0.05) is 32.7 Å². The van der Waals surface area contributed by atoms with Crippen molar-refractivity contribution in [1.82, 2.24) is 16.0 Å². The predicted molar refractivity (Wildman–Crippen MR) is 122 cm³/mol. The number of benzene rings is 1. The summed E-state index contributed by atoms with van der Waals surface area (Å²) in [5.74, 6) is 0.778. The van der Waals surface area contributed by atoms with Crippen LogP contribution in [0.5, 0.6) is 0 Å². The molecule has 3 N–H and O–H groups in total. The van der Waals surface area contributed by atoms with Gasteiger partial charge in [0.15, 0.2) is 5.96 Å². The monoisotopic (exact) mass is 474 g/mol. The van der Waals surface area contributed by atoms with Crippen LogP contribution in [0.2, 0.25) is 0 Å². The number of rotatable bonds is 8. The van der Waals surface area contributed by atoms with Gasteiger partial charge in [-0.2, -0.15) is 0 Å². The van der Waals surface area contributed by atoms with Gasteiger partial charge in [-0.25, -0.2) is 0 Å². The number of nitrogens with one attached hydrogen (secondary N) is 3. The molecule has 0 heterocycles. The highest BCUT2D eigenvalue weighted by molar-refractivity contribution is 14.0. The molecule has 1 aromatic carbocycles. The third kappa shape index (κ3) is 10.6. The minimum atomic E-state index is -0.0532. The number of unbranched alkanes of at least 4 members (excludes halogenated alkanes) is 1. The molecule has 148 valence electrons. The van der Waals surface area contributed by atoms with Crippen molar-refractivity contribution in [2.45, 2.75) is 46.5 Å². The summed E-state index contributed by atoms with van der Waals surface area (Å²) < 4.78 is 0. The lowest BCUT2D eigenvalue weighted by Crippen LogP contribution is -2.38. The molecule has 26 heavy (non-hydrogen) atoms. The van der Waals surface area contributed by atoms with Gasteiger partial charge < -0.3 is 16.0 Å². The Bertz CT molecular complexity index is 567. The average molecular weight is 474 g/mol. The van der Waals surface area contributed by atoms with Gasteiger partial charge in [0.05, 0.1) is 0 Å². The number of carbonyl (C=O) groups excluding carboxylic acids is 1. The molecule has 1 aromatic rings. The van der Waals surface area contributed by atoms with E-state index in [1.54, 1.807) is 14.1 Å². The number of amides is 1. The first-order valence-electron chi connectivity index (χ1n) is 9.11. The highest BCUT2D eigenvalue weighted by Gasteiger charge is 2.09. The van der Waals surface area contributed by atoms with Crippen LogP contribution in [0, 0.1) is 5.41 Å². The van der Waals surface area contributed by atoms with Crippen molar-refractivity contribution in [1.29, 1.82) is 0 Å². The largest absolute Gasteiger partial charge is 0.356 e. The van der Waals surface area contributed by atoms with Crippen LogP contribution in [0.25, 0.3) is 0 Å². The molecular formula is C20H35IN4O. The summed E-state index contributed by atoms with van der Waals surface area (Å²) in [5, 5.41) is 9.33. The van der Waals surface area contributed by atoms with E-state index in [1.807, 2.05) is 24.3 Å². The van der Waals surface area contributed by atoms with Crippen LogP contribution in [-0.2, 0) is 6.42 Å². The third-order valence-electron chi connectivity index (χ3n) is 3.99. The molecule has 6 heteroatoms. The minimum absolute atomic E-state index is 0. The van der Waals surface area contributed by atoms with E-state index in [-0.39, 0.29) is 29.9 Å². The number of halogens is 1. The van der Waals surface area contributed by atoms with Crippen LogP contribution in [0.1, 0.15) is 56.0 Å². The number of hydrogen-bond donors (Lipinski definition) is 3. The van der Waals surface area contributed by atoms with Crippen molar-refractivity contribution >= 4 is 35.8 Å². The Morgan fingerprint density at radius 3 is 2.42 bits per heavy atom. The van der Waals surface area contributed by atoms with Gasteiger partial charge in [0.25, 0.3) is 5.91 Å². The van der Waals surface area contributed by atoms with Gasteiger partial charge in [-0.15, -0.1) is 24.0 Å². The van der Waals surface area contributed by atoms with Crippen LogP contribution in [0.3, 0.4) is 0 Å². The predicted octanol–water partition coefficient (Wildman–Crippen LogP) is 3.59. The van der Waals surface area contributed by atoms with Crippen molar-refractivity contribution in [3.63, 3.8) is 0 Å².